The molecule has 0 aliphatic heterocycles. The molecule has 0 atom stereocenters. The third-order valence-corrected chi connectivity index (χ3v) is 6.89. The first kappa shape index (κ1) is 33.0. The van der Waals surface area contributed by atoms with Crippen molar-refractivity contribution in [3.05, 3.63) is 117 Å². The lowest BCUT2D eigenvalue weighted by Crippen LogP contribution is -2.14. The van der Waals surface area contributed by atoms with Crippen molar-refractivity contribution in [3.8, 4) is 29.1 Å². The van der Waals surface area contributed by atoms with Gasteiger partial charge in [0.05, 0.1) is 23.8 Å². The Balaban J connectivity index is 1.49. The summed E-state index contributed by atoms with van der Waals surface area (Å²) in [4.78, 5) is 12.8. The van der Waals surface area contributed by atoms with E-state index in [2.05, 4.69) is 21.2 Å². The number of benzene rings is 4. The highest BCUT2D eigenvalue weighted by Crippen LogP contribution is 2.39. The molecule has 0 bridgehead atoms. The van der Waals surface area contributed by atoms with E-state index in [0.717, 1.165) is 23.3 Å². The molecule has 1 N–H and O–H groups in total. The number of nitrogens with one attached hydrogen (secondary N) is 1. The molecule has 0 heterocycles. The Kier molecular flexibility index (Phi) is 11.1. The van der Waals surface area contributed by atoms with Gasteiger partial charge in [-0.2, -0.15) is 18.4 Å². The molecule has 0 spiro atoms. The predicted octanol–water partition coefficient (Wildman–Crippen LogP) is 8.58. The summed E-state index contributed by atoms with van der Waals surface area (Å²) < 4.78 is 63.0. The first-order valence-electron chi connectivity index (χ1n) is 13.6. The van der Waals surface area contributed by atoms with Crippen molar-refractivity contribution >= 4 is 33.6 Å². The second kappa shape index (κ2) is 15.2. The van der Waals surface area contributed by atoms with E-state index in [1.165, 1.54) is 18.2 Å². The fourth-order valence-corrected chi connectivity index (χ4v) is 4.75. The zero-order valence-corrected chi connectivity index (χ0v) is 25.9. The number of nitriles is 1. The third-order valence-electron chi connectivity index (χ3n) is 6.30. The Morgan fingerprint density at radius 1 is 0.889 bits per heavy atom. The van der Waals surface area contributed by atoms with E-state index in [4.69, 9.17) is 18.9 Å². The molecule has 0 aliphatic rings. The lowest BCUT2D eigenvalue weighted by Gasteiger charge is -2.16. The van der Waals surface area contributed by atoms with Crippen LogP contribution in [0.1, 0.15) is 29.2 Å². The number of alkyl halides is 3. The molecule has 4 rings (SSSR count). The summed E-state index contributed by atoms with van der Waals surface area (Å²) in [5, 5.41) is 12.0. The third kappa shape index (κ3) is 9.03. The SMILES string of the molecule is CCOc1cc(/C=C(\C#N)C(=O)Nc2cccc(C(F)(F)F)c2)cc(Br)c1OCc1ccc(OCc2ccccc2)c(OC)c1. The number of amides is 1. The van der Waals surface area contributed by atoms with Gasteiger partial charge in [0.1, 0.15) is 24.9 Å². The number of hydrogen-bond donors (Lipinski definition) is 1. The summed E-state index contributed by atoms with van der Waals surface area (Å²) in [5.74, 6) is 1.01. The van der Waals surface area contributed by atoms with Crippen LogP contribution in [-0.4, -0.2) is 19.6 Å². The minimum absolute atomic E-state index is 0.0941. The molecule has 232 valence electrons. The van der Waals surface area contributed by atoms with Crippen LogP contribution in [0.4, 0.5) is 18.9 Å². The van der Waals surface area contributed by atoms with Crippen LogP contribution in [0.5, 0.6) is 23.0 Å². The summed E-state index contributed by atoms with van der Waals surface area (Å²) in [7, 11) is 1.56. The minimum Gasteiger partial charge on any atom is -0.493 e. The summed E-state index contributed by atoms with van der Waals surface area (Å²) in [6.45, 7) is 2.64. The standard InChI is InChI=1S/C34H28BrF3N2O5/c1-3-43-31-17-24(14-25(19-39)33(41)40-27-11-7-10-26(18-27)34(36,37)38)15-28(35)32(31)45-21-23-12-13-29(30(16-23)42-2)44-20-22-8-5-4-6-9-22/h4-18H,3,20-21H2,1-2H3,(H,40,41)/b25-14+. The van der Waals surface area contributed by atoms with Crippen LogP contribution in [0, 0.1) is 11.3 Å². The molecule has 0 unspecified atom stereocenters. The number of carbonyl (C=O) groups is 1. The highest BCUT2D eigenvalue weighted by atomic mass is 79.9. The van der Waals surface area contributed by atoms with E-state index in [1.807, 2.05) is 42.5 Å². The Bertz CT molecular complexity index is 1720. The zero-order valence-electron chi connectivity index (χ0n) is 24.3. The summed E-state index contributed by atoms with van der Waals surface area (Å²) in [6, 6.07) is 24.4. The molecule has 0 saturated carbocycles. The van der Waals surface area contributed by atoms with Crippen LogP contribution < -0.4 is 24.3 Å². The molecule has 4 aromatic rings. The largest absolute Gasteiger partial charge is 0.493 e. The summed E-state index contributed by atoms with van der Waals surface area (Å²) in [5.41, 5.74) is 0.914. The first-order chi connectivity index (χ1) is 21.6. The maximum absolute atomic E-state index is 13.1. The van der Waals surface area contributed by atoms with Gasteiger partial charge in [-0.1, -0.05) is 42.5 Å². The van der Waals surface area contributed by atoms with Crippen molar-refractivity contribution in [1.82, 2.24) is 0 Å². The Hall–Kier alpha value is -4.95. The fourth-order valence-electron chi connectivity index (χ4n) is 4.17. The van der Waals surface area contributed by atoms with Crippen molar-refractivity contribution in [1.29, 1.82) is 5.26 Å². The molecule has 0 saturated heterocycles. The molecule has 0 radical (unpaired) electrons. The van der Waals surface area contributed by atoms with Crippen LogP contribution in [0.3, 0.4) is 0 Å². The number of anilines is 1. The highest BCUT2D eigenvalue weighted by Gasteiger charge is 2.30. The van der Waals surface area contributed by atoms with Gasteiger partial charge in [-0.05, 0) is 88.1 Å². The van der Waals surface area contributed by atoms with Crippen LogP contribution in [0.15, 0.2) is 95.0 Å². The van der Waals surface area contributed by atoms with Crippen LogP contribution >= 0.6 is 15.9 Å². The Labute approximate surface area is 266 Å². The van der Waals surface area contributed by atoms with E-state index in [-0.39, 0.29) is 17.9 Å². The van der Waals surface area contributed by atoms with Gasteiger partial charge in [0.15, 0.2) is 23.0 Å². The predicted molar refractivity (Wildman–Crippen MR) is 167 cm³/mol. The number of methoxy groups -OCH3 is 1. The monoisotopic (exact) mass is 680 g/mol. The molecule has 0 fully saturated rings. The van der Waals surface area contributed by atoms with E-state index in [9.17, 15) is 23.2 Å². The molecule has 45 heavy (non-hydrogen) atoms. The van der Waals surface area contributed by atoms with Crippen molar-refractivity contribution in [2.24, 2.45) is 0 Å². The van der Waals surface area contributed by atoms with E-state index >= 15 is 0 Å². The van der Waals surface area contributed by atoms with E-state index < -0.39 is 17.6 Å². The van der Waals surface area contributed by atoms with Crippen molar-refractivity contribution in [2.45, 2.75) is 26.3 Å². The Morgan fingerprint density at radius 2 is 1.64 bits per heavy atom. The minimum atomic E-state index is -4.58. The van der Waals surface area contributed by atoms with Gasteiger partial charge in [-0.25, -0.2) is 0 Å². The molecular formula is C34H28BrF3N2O5. The lowest BCUT2D eigenvalue weighted by atomic mass is 10.1. The van der Waals surface area contributed by atoms with Crippen LogP contribution in [-0.2, 0) is 24.2 Å². The van der Waals surface area contributed by atoms with Gasteiger partial charge in [-0.15, -0.1) is 0 Å². The van der Waals surface area contributed by atoms with E-state index in [1.54, 1.807) is 38.3 Å². The van der Waals surface area contributed by atoms with Gasteiger partial charge in [0.25, 0.3) is 5.91 Å². The quantitative estimate of drug-likeness (QED) is 0.119. The molecule has 0 aromatic heterocycles. The number of halogens is 4. The average molecular weight is 682 g/mol. The number of ether oxygens (including phenoxy) is 4. The molecule has 11 heteroatoms. The second-order valence-electron chi connectivity index (χ2n) is 9.51. The van der Waals surface area contributed by atoms with Crippen LogP contribution in [0.2, 0.25) is 0 Å². The summed E-state index contributed by atoms with van der Waals surface area (Å²) in [6.07, 6.45) is -3.27. The lowest BCUT2D eigenvalue weighted by molar-refractivity contribution is -0.137. The van der Waals surface area contributed by atoms with Gasteiger partial charge >= 0.3 is 6.18 Å². The zero-order chi connectivity index (χ0) is 32.4. The van der Waals surface area contributed by atoms with Crippen molar-refractivity contribution in [3.63, 3.8) is 0 Å². The molecule has 0 aliphatic carbocycles. The van der Waals surface area contributed by atoms with Crippen molar-refractivity contribution < 1.29 is 36.9 Å². The average Bonchev–Trinajstić information content (AvgIpc) is 3.02. The number of hydrogen-bond acceptors (Lipinski definition) is 6. The Morgan fingerprint density at radius 3 is 2.33 bits per heavy atom. The van der Waals surface area contributed by atoms with Crippen molar-refractivity contribution in [2.75, 3.05) is 19.0 Å². The van der Waals surface area contributed by atoms with Gasteiger partial charge in [-0.3, -0.25) is 4.79 Å². The number of carbonyl (C=O) groups excluding carboxylic acids is 1. The number of nitrogens with zero attached hydrogens (tertiary/aromatic N) is 1. The topological polar surface area (TPSA) is 89.8 Å². The summed E-state index contributed by atoms with van der Waals surface area (Å²) >= 11 is 3.48. The molecule has 7 nitrogen and oxygen atoms in total. The molecular weight excluding hydrogens is 653 g/mol. The van der Waals surface area contributed by atoms with Gasteiger partial charge < -0.3 is 24.3 Å². The molecule has 1 amide bonds. The second-order valence-corrected chi connectivity index (χ2v) is 10.4. The highest BCUT2D eigenvalue weighted by molar-refractivity contribution is 9.10. The molecule has 4 aromatic carbocycles. The fraction of sp³-hybridized carbons (Fsp3) is 0.176. The van der Waals surface area contributed by atoms with Gasteiger partial charge in [0.2, 0.25) is 0 Å². The van der Waals surface area contributed by atoms with Gasteiger partial charge in [0, 0.05) is 5.69 Å². The normalized spacial score (nSPS) is 11.4. The number of rotatable bonds is 12. The maximum atomic E-state index is 13.1. The smallest absolute Gasteiger partial charge is 0.416 e. The first-order valence-corrected chi connectivity index (χ1v) is 14.4. The van der Waals surface area contributed by atoms with Crippen LogP contribution in [0.25, 0.3) is 6.08 Å². The maximum Gasteiger partial charge on any atom is 0.416 e. The van der Waals surface area contributed by atoms with E-state index in [0.29, 0.717) is 46.2 Å².